The van der Waals surface area contributed by atoms with E-state index in [4.69, 9.17) is 5.73 Å². The Bertz CT molecular complexity index is 628. The average molecular weight is 294 g/mol. The maximum absolute atomic E-state index is 12.1. The molecule has 0 aliphatic heterocycles. The summed E-state index contributed by atoms with van der Waals surface area (Å²) in [6.45, 7) is 3.93. The molecule has 4 nitrogen and oxygen atoms in total. The van der Waals surface area contributed by atoms with Crippen LogP contribution >= 0.6 is 22.7 Å². The van der Waals surface area contributed by atoms with Gasteiger partial charge in [-0.3, -0.25) is 9.59 Å². The van der Waals surface area contributed by atoms with Crippen LogP contribution in [-0.2, 0) is 6.42 Å². The summed E-state index contributed by atoms with van der Waals surface area (Å²) < 4.78 is 0. The molecule has 0 aromatic carbocycles. The summed E-state index contributed by atoms with van der Waals surface area (Å²) in [6.07, 6.45) is 0.804. The van der Waals surface area contributed by atoms with Gasteiger partial charge in [0.1, 0.15) is 5.00 Å². The van der Waals surface area contributed by atoms with Crippen molar-refractivity contribution in [1.82, 2.24) is 0 Å². The van der Waals surface area contributed by atoms with Gasteiger partial charge in [-0.05, 0) is 31.5 Å². The van der Waals surface area contributed by atoms with E-state index in [1.54, 1.807) is 12.1 Å². The zero-order valence-electron chi connectivity index (χ0n) is 10.6. The number of aryl methyl sites for hydroxylation is 2. The lowest BCUT2D eigenvalue weighted by Crippen LogP contribution is -2.15. The van der Waals surface area contributed by atoms with Crippen LogP contribution in [0.1, 0.15) is 36.7 Å². The van der Waals surface area contributed by atoms with Crippen molar-refractivity contribution in [3.63, 3.8) is 0 Å². The number of rotatable bonds is 4. The van der Waals surface area contributed by atoms with Crippen LogP contribution in [0.15, 0.2) is 18.2 Å². The first kappa shape index (κ1) is 13.8. The van der Waals surface area contributed by atoms with Crippen LogP contribution in [0.2, 0.25) is 0 Å². The molecule has 2 aromatic rings. The van der Waals surface area contributed by atoms with E-state index in [2.05, 4.69) is 5.32 Å². The average Bonchev–Trinajstić information content (AvgIpc) is 2.95. The molecule has 2 heterocycles. The molecule has 2 aromatic heterocycles. The largest absolute Gasteiger partial charge is 0.366 e. The van der Waals surface area contributed by atoms with Crippen molar-refractivity contribution < 1.29 is 9.59 Å². The van der Waals surface area contributed by atoms with Crippen LogP contribution in [0.5, 0.6) is 0 Å². The van der Waals surface area contributed by atoms with Gasteiger partial charge in [0.05, 0.1) is 10.4 Å². The highest BCUT2D eigenvalue weighted by atomic mass is 32.1. The minimum atomic E-state index is -0.520. The first-order valence-electron chi connectivity index (χ1n) is 5.81. The van der Waals surface area contributed by atoms with Crippen LogP contribution in [0.3, 0.4) is 0 Å². The molecular formula is C13H14N2O2S2. The third-order valence-electron chi connectivity index (χ3n) is 2.59. The number of hydrogen-bond donors (Lipinski definition) is 2. The fraction of sp³-hybridized carbons (Fsp3) is 0.231. The maximum atomic E-state index is 12.1. The standard InChI is InChI=1S/C13H14N2O2S2/c1-3-8-6-9(11(14)16)13(19-8)15-12(17)10-5-4-7(2)18-10/h4-6H,3H2,1-2H3,(H2,14,16)(H,15,17). The van der Waals surface area contributed by atoms with Crippen LogP contribution in [0.25, 0.3) is 0 Å². The minimum Gasteiger partial charge on any atom is -0.366 e. The van der Waals surface area contributed by atoms with Gasteiger partial charge in [0.15, 0.2) is 0 Å². The number of anilines is 1. The molecule has 0 bridgehead atoms. The Morgan fingerprint density at radius 1 is 1.32 bits per heavy atom. The van der Waals surface area contributed by atoms with Gasteiger partial charge < -0.3 is 11.1 Å². The van der Waals surface area contributed by atoms with Gasteiger partial charge in [0.25, 0.3) is 11.8 Å². The van der Waals surface area contributed by atoms with Crippen LogP contribution in [-0.4, -0.2) is 11.8 Å². The van der Waals surface area contributed by atoms with Crippen LogP contribution < -0.4 is 11.1 Å². The van der Waals surface area contributed by atoms with Crippen LogP contribution in [0, 0.1) is 6.92 Å². The molecule has 0 saturated heterocycles. The third-order valence-corrected chi connectivity index (χ3v) is 4.78. The lowest BCUT2D eigenvalue weighted by Gasteiger charge is -2.02. The Morgan fingerprint density at radius 2 is 2.05 bits per heavy atom. The minimum absolute atomic E-state index is 0.204. The maximum Gasteiger partial charge on any atom is 0.266 e. The predicted octanol–water partition coefficient (Wildman–Crippen LogP) is 3.03. The van der Waals surface area contributed by atoms with Crippen molar-refractivity contribution in [3.8, 4) is 0 Å². The fourth-order valence-corrected chi connectivity index (χ4v) is 3.37. The molecule has 0 aliphatic rings. The topological polar surface area (TPSA) is 72.2 Å². The first-order chi connectivity index (χ1) is 9.01. The van der Waals surface area contributed by atoms with Gasteiger partial charge in [0, 0.05) is 9.75 Å². The Morgan fingerprint density at radius 3 is 2.58 bits per heavy atom. The zero-order valence-corrected chi connectivity index (χ0v) is 12.3. The van der Waals surface area contributed by atoms with Gasteiger partial charge in [-0.15, -0.1) is 22.7 Å². The smallest absolute Gasteiger partial charge is 0.266 e. The van der Waals surface area contributed by atoms with Crippen molar-refractivity contribution in [2.75, 3.05) is 5.32 Å². The van der Waals surface area contributed by atoms with Crippen molar-refractivity contribution in [2.24, 2.45) is 5.73 Å². The van der Waals surface area contributed by atoms with Crippen molar-refractivity contribution in [3.05, 3.63) is 38.4 Å². The number of hydrogen-bond acceptors (Lipinski definition) is 4. The normalized spacial score (nSPS) is 10.4. The molecule has 0 spiro atoms. The van der Waals surface area contributed by atoms with E-state index in [1.807, 2.05) is 19.9 Å². The summed E-state index contributed by atoms with van der Waals surface area (Å²) in [7, 11) is 0. The van der Waals surface area contributed by atoms with E-state index >= 15 is 0 Å². The summed E-state index contributed by atoms with van der Waals surface area (Å²) in [6, 6.07) is 5.40. The number of thiophene rings is 2. The van der Waals surface area contributed by atoms with Gasteiger partial charge in [-0.1, -0.05) is 6.92 Å². The predicted molar refractivity (Wildman–Crippen MR) is 79.2 cm³/mol. The third kappa shape index (κ3) is 3.02. The molecule has 0 radical (unpaired) electrons. The lowest BCUT2D eigenvalue weighted by atomic mass is 10.2. The quantitative estimate of drug-likeness (QED) is 0.909. The van der Waals surface area contributed by atoms with E-state index < -0.39 is 5.91 Å². The molecule has 2 rings (SSSR count). The molecule has 0 fully saturated rings. The van der Waals surface area contributed by atoms with Gasteiger partial charge in [-0.2, -0.15) is 0 Å². The Labute approximate surface area is 119 Å². The Hall–Kier alpha value is -1.66. The zero-order chi connectivity index (χ0) is 14.0. The van der Waals surface area contributed by atoms with E-state index in [0.717, 1.165) is 16.2 Å². The monoisotopic (exact) mass is 294 g/mol. The summed E-state index contributed by atoms with van der Waals surface area (Å²) in [5, 5.41) is 3.29. The molecule has 2 amide bonds. The number of carbonyl (C=O) groups is 2. The number of nitrogens with two attached hydrogens (primary N) is 1. The second kappa shape index (κ2) is 5.54. The van der Waals surface area contributed by atoms with Gasteiger partial charge in [0.2, 0.25) is 0 Å². The highest BCUT2D eigenvalue weighted by Crippen LogP contribution is 2.29. The van der Waals surface area contributed by atoms with Crippen molar-refractivity contribution in [2.45, 2.75) is 20.3 Å². The molecule has 6 heteroatoms. The van der Waals surface area contributed by atoms with E-state index in [9.17, 15) is 9.59 Å². The number of carbonyl (C=O) groups excluding carboxylic acids is 2. The summed E-state index contributed by atoms with van der Waals surface area (Å²) in [5.41, 5.74) is 5.70. The molecule has 0 atom stereocenters. The summed E-state index contributed by atoms with van der Waals surface area (Å²) in [5.74, 6) is -0.723. The van der Waals surface area contributed by atoms with Crippen molar-refractivity contribution >= 4 is 39.5 Å². The molecule has 0 unspecified atom stereocenters. The molecule has 0 aliphatic carbocycles. The summed E-state index contributed by atoms with van der Waals surface area (Å²) >= 11 is 2.81. The number of amides is 2. The Kier molecular flexibility index (Phi) is 4.01. The molecule has 100 valence electrons. The highest BCUT2D eigenvalue weighted by Gasteiger charge is 2.16. The van der Waals surface area contributed by atoms with Crippen LogP contribution in [0.4, 0.5) is 5.00 Å². The van der Waals surface area contributed by atoms with E-state index in [1.165, 1.54) is 22.7 Å². The second-order valence-corrected chi connectivity index (χ2v) is 6.46. The van der Waals surface area contributed by atoms with E-state index in [0.29, 0.717) is 15.4 Å². The van der Waals surface area contributed by atoms with E-state index in [-0.39, 0.29) is 5.91 Å². The molecule has 19 heavy (non-hydrogen) atoms. The molecule has 3 N–H and O–H groups in total. The molecular weight excluding hydrogens is 280 g/mol. The second-order valence-electron chi connectivity index (χ2n) is 4.04. The molecule has 0 saturated carbocycles. The first-order valence-corrected chi connectivity index (χ1v) is 7.45. The highest BCUT2D eigenvalue weighted by molar-refractivity contribution is 7.17. The number of primary amides is 1. The van der Waals surface area contributed by atoms with Gasteiger partial charge >= 0.3 is 0 Å². The SMILES string of the molecule is CCc1cc(C(N)=O)c(NC(=O)c2ccc(C)s2)s1. The number of nitrogens with one attached hydrogen (secondary N) is 1. The van der Waals surface area contributed by atoms with Gasteiger partial charge in [-0.25, -0.2) is 0 Å². The Balaban J connectivity index is 2.25. The fourth-order valence-electron chi connectivity index (χ4n) is 1.61. The summed E-state index contributed by atoms with van der Waals surface area (Å²) in [4.78, 5) is 26.1. The van der Waals surface area contributed by atoms with Crippen molar-refractivity contribution in [1.29, 1.82) is 0 Å². The lowest BCUT2D eigenvalue weighted by molar-refractivity contribution is 0.100.